The molecule has 0 saturated carbocycles. The number of carbonyl (C=O) groups excluding carboxylic acids is 1. The van der Waals surface area contributed by atoms with Crippen LogP contribution in [0.4, 0.5) is 4.39 Å². The molecule has 2 rings (SSSR count). The van der Waals surface area contributed by atoms with Gasteiger partial charge in [0, 0.05) is 10.0 Å². The first kappa shape index (κ1) is 13.2. The Morgan fingerprint density at radius 1 is 1.28 bits per heavy atom. The summed E-state index contributed by atoms with van der Waals surface area (Å²) >= 11 is 8.89. The van der Waals surface area contributed by atoms with E-state index < -0.39 is 5.82 Å². The largest absolute Gasteiger partial charge is 0.288 e. The molecule has 0 aliphatic rings. The van der Waals surface area contributed by atoms with Gasteiger partial charge in [0.2, 0.25) is 0 Å². The maximum Gasteiger partial charge on any atom is 0.196 e. The van der Waals surface area contributed by atoms with Gasteiger partial charge >= 0.3 is 0 Å². The fourth-order valence-corrected chi connectivity index (χ4v) is 2.11. The number of rotatable bonds is 2. The van der Waals surface area contributed by atoms with E-state index in [1.165, 1.54) is 6.07 Å². The van der Waals surface area contributed by atoms with Crippen molar-refractivity contribution in [2.24, 2.45) is 0 Å². The summed E-state index contributed by atoms with van der Waals surface area (Å²) in [5, 5.41) is -0.0755. The highest BCUT2D eigenvalue weighted by Gasteiger charge is 2.17. The van der Waals surface area contributed by atoms with E-state index in [-0.39, 0.29) is 16.4 Å². The first-order valence-corrected chi connectivity index (χ1v) is 6.42. The minimum absolute atomic E-state index is 0.0196. The lowest BCUT2D eigenvalue weighted by Gasteiger charge is -2.06. The Morgan fingerprint density at radius 3 is 2.67 bits per heavy atom. The van der Waals surface area contributed by atoms with Crippen LogP contribution in [-0.2, 0) is 0 Å². The van der Waals surface area contributed by atoms with Gasteiger partial charge in [-0.15, -0.1) is 0 Å². The van der Waals surface area contributed by atoms with Crippen LogP contribution in [-0.4, -0.2) is 5.78 Å². The third-order valence-electron chi connectivity index (χ3n) is 2.56. The predicted molar refractivity (Wildman–Crippen MR) is 73.7 cm³/mol. The van der Waals surface area contributed by atoms with Crippen LogP contribution in [0.5, 0.6) is 0 Å². The summed E-state index contributed by atoms with van der Waals surface area (Å²) in [6, 6.07) is 10.0. The molecule has 4 heteroatoms. The van der Waals surface area contributed by atoms with Crippen LogP contribution in [0.3, 0.4) is 0 Å². The first-order valence-electron chi connectivity index (χ1n) is 5.25. The molecule has 0 amide bonds. The van der Waals surface area contributed by atoms with Crippen molar-refractivity contribution in [3.8, 4) is 0 Å². The number of ketones is 1. The smallest absolute Gasteiger partial charge is 0.196 e. The highest BCUT2D eigenvalue weighted by molar-refractivity contribution is 9.10. The summed E-state index contributed by atoms with van der Waals surface area (Å²) in [5.74, 6) is -1.07. The molecule has 0 bridgehead atoms. The Labute approximate surface area is 118 Å². The molecule has 0 saturated heterocycles. The van der Waals surface area contributed by atoms with Crippen molar-refractivity contribution in [1.82, 2.24) is 0 Å². The predicted octanol–water partition coefficient (Wildman–Crippen LogP) is 4.78. The minimum atomic E-state index is -0.697. The summed E-state index contributed by atoms with van der Waals surface area (Å²) < 4.78 is 14.3. The van der Waals surface area contributed by atoms with Crippen molar-refractivity contribution in [2.75, 3.05) is 0 Å². The fraction of sp³-hybridized carbons (Fsp3) is 0.0714. The second-order valence-electron chi connectivity index (χ2n) is 3.92. The van der Waals surface area contributed by atoms with Gasteiger partial charge in [-0.3, -0.25) is 4.79 Å². The van der Waals surface area contributed by atoms with Crippen LogP contribution in [0, 0.1) is 12.7 Å². The fourth-order valence-electron chi connectivity index (χ4n) is 1.64. The molecule has 0 N–H and O–H groups in total. The zero-order chi connectivity index (χ0) is 13.3. The molecule has 18 heavy (non-hydrogen) atoms. The summed E-state index contributed by atoms with van der Waals surface area (Å²) in [6.45, 7) is 1.88. The van der Waals surface area contributed by atoms with Gasteiger partial charge in [0.05, 0.1) is 10.6 Å². The number of carbonyl (C=O) groups is 1. The summed E-state index contributed by atoms with van der Waals surface area (Å²) in [4.78, 5) is 12.2. The second kappa shape index (κ2) is 5.21. The van der Waals surface area contributed by atoms with E-state index in [1.807, 2.05) is 13.0 Å². The van der Waals surface area contributed by atoms with Crippen molar-refractivity contribution >= 4 is 33.3 Å². The average Bonchev–Trinajstić information content (AvgIpc) is 2.35. The Hall–Kier alpha value is -1.19. The second-order valence-corrected chi connectivity index (χ2v) is 5.15. The zero-order valence-electron chi connectivity index (χ0n) is 9.51. The monoisotopic (exact) mass is 326 g/mol. The number of hydrogen-bond donors (Lipinski definition) is 0. The van der Waals surface area contributed by atoms with Crippen molar-refractivity contribution in [3.63, 3.8) is 0 Å². The molecule has 0 spiro atoms. The zero-order valence-corrected chi connectivity index (χ0v) is 11.8. The van der Waals surface area contributed by atoms with Crippen LogP contribution < -0.4 is 0 Å². The van der Waals surface area contributed by atoms with Crippen molar-refractivity contribution in [2.45, 2.75) is 6.92 Å². The van der Waals surface area contributed by atoms with Crippen LogP contribution in [0.2, 0.25) is 5.02 Å². The van der Waals surface area contributed by atoms with E-state index in [0.29, 0.717) is 10.0 Å². The molecule has 0 heterocycles. The minimum Gasteiger partial charge on any atom is -0.288 e. The van der Waals surface area contributed by atoms with Crippen LogP contribution in [0.15, 0.2) is 40.9 Å². The maximum atomic E-state index is 13.9. The molecule has 92 valence electrons. The Morgan fingerprint density at radius 2 is 2.00 bits per heavy atom. The summed E-state index contributed by atoms with van der Waals surface area (Å²) in [6.07, 6.45) is 0. The molecule has 0 atom stereocenters. The van der Waals surface area contributed by atoms with Crippen molar-refractivity contribution in [1.29, 1.82) is 0 Å². The molecular weight excluding hydrogens is 319 g/mol. The van der Waals surface area contributed by atoms with E-state index in [9.17, 15) is 9.18 Å². The summed E-state index contributed by atoms with van der Waals surface area (Å²) in [5.41, 5.74) is 1.38. The van der Waals surface area contributed by atoms with Gasteiger partial charge in [-0.25, -0.2) is 4.39 Å². The van der Waals surface area contributed by atoms with Gasteiger partial charge in [0.1, 0.15) is 0 Å². The number of halogens is 3. The quantitative estimate of drug-likeness (QED) is 0.573. The van der Waals surface area contributed by atoms with Gasteiger partial charge in [-0.05, 0) is 41.1 Å². The number of hydrogen-bond acceptors (Lipinski definition) is 1. The topological polar surface area (TPSA) is 17.1 Å². The van der Waals surface area contributed by atoms with E-state index in [0.717, 1.165) is 5.56 Å². The molecule has 0 radical (unpaired) electrons. The Kier molecular flexibility index (Phi) is 3.83. The molecule has 2 aromatic carbocycles. The highest BCUT2D eigenvalue weighted by Crippen LogP contribution is 2.28. The van der Waals surface area contributed by atoms with E-state index in [2.05, 4.69) is 15.9 Å². The molecule has 0 aliphatic carbocycles. The first-order chi connectivity index (χ1) is 8.50. The average molecular weight is 328 g/mol. The van der Waals surface area contributed by atoms with Crippen LogP contribution in [0.1, 0.15) is 21.5 Å². The van der Waals surface area contributed by atoms with Crippen LogP contribution >= 0.6 is 27.5 Å². The molecule has 1 nitrogen and oxygen atoms in total. The van der Waals surface area contributed by atoms with Gasteiger partial charge in [-0.1, -0.05) is 35.4 Å². The van der Waals surface area contributed by atoms with Gasteiger partial charge in [-0.2, -0.15) is 0 Å². The molecule has 0 fully saturated rings. The van der Waals surface area contributed by atoms with Gasteiger partial charge in [0.15, 0.2) is 11.6 Å². The number of benzene rings is 2. The van der Waals surface area contributed by atoms with Crippen molar-refractivity contribution in [3.05, 3.63) is 68.4 Å². The van der Waals surface area contributed by atoms with E-state index in [1.54, 1.807) is 24.3 Å². The van der Waals surface area contributed by atoms with Gasteiger partial charge in [0.25, 0.3) is 0 Å². The Balaban J connectivity index is 2.50. The molecule has 0 unspecified atom stereocenters. The third kappa shape index (κ3) is 2.47. The Bertz CT molecular complexity index is 625. The molecule has 0 aromatic heterocycles. The van der Waals surface area contributed by atoms with Gasteiger partial charge < -0.3 is 0 Å². The molecule has 2 aromatic rings. The standard InChI is InChI=1S/C14H9BrClFO/c1-8-3-2-4-9(7-8)14(18)10-5-6-11(15)12(16)13(10)17/h2-7H,1H3. The normalized spacial score (nSPS) is 10.4. The lowest BCUT2D eigenvalue weighted by Crippen LogP contribution is -2.05. The lowest BCUT2D eigenvalue weighted by atomic mass is 10.0. The molecule has 0 aliphatic heterocycles. The SMILES string of the molecule is Cc1cccc(C(=O)c2ccc(Br)c(Cl)c2F)c1. The lowest BCUT2D eigenvalue weighted by molar-refractivity contribution is 0.103. The summed E-state index contributed by atoms with van der Waals surface area (Å²) in [7, 11) is 0. The van der Waals surface area contributed by atoms with E-state index >= 15 is 0 Å². The van der Waals surface area contributed by atoms with Crippen LogP contribution in [0.25, 0.3) is 0 Å². The van der Waals surface area contributed by atoms with Crippen molar-refractivity contribution < 1.29 is 9.18 Å². The third-order valence-corrected chi connectivity index (χ3v) is 3.82. The van der Waals surface area contributed by atoms with E-state index in [4.69, 9.17) is 11.6 Å². The maximum absolute atomic E-state index is 13.9. The molecular formula is C14H9BrClFO. The highest BCUT2D eigenvalue weighted by atomic mass is 79.9. The number of aryl methyl sites for hydroxylation is 1.